The van der Waals surface area contributed by atoms with Gasteiger partial charge in [-0.3, -0.25) is 0 Å². The standard InChI is InChI=1S/C114H80N2S2/c1-113(2)105-34-19-17-30-97(105)98-57-55-94(71-107(98)113)116(92-51-40-79(41-52-92)89-66-86(75-26-13-7-14-27-75)63-87(67-89)76-28-15-8-16-29-76)93-53-42-80(43-54-93)96-32-21-33-101-104-70-83(46-61-111(104)118-112(96)101)82-44-59-106-102(68-82)99-58-56-95(72-108(99)114(106,3)4)115(90-47-36-77(37-48-90)81-45-60-110-103(69-81)100-31-18-20-35-109(100)117-110)91-49-38-78(39-50-91)88-64-84(73-22-9-5-10-23-73)62-85(65-88)74-24-11-6-12-25-74/h5-72H,1-4H3. The largest absolute Gasteiger partial charge is 0.310 e. The number of hydrogen-bond acceptors (Lipinski definition) is 4. The van der Waals surface area contributed by atoms with E-state index in [-0.39, 0.29) is 10.8 Å². The van der Waals surface area contributed by atoms with Gasteiger partial charge in [0, 0.05) is 85.3 Å². The Morgan fingerprint density at radius 3 is 0.966 bits per heavy atom. The zero-order valence-electron chi connectivity index (χ0n) is 66.0. The summed E-state index contributed by atoms with van der Waals surface area (Å²) < 4.78 is 5.20. The minimum absolute atomic E-state index is 0.162. The average Bonchev–Trinajstić information content (AvgIpc) is 1.57. The monoisotopic (exact) mass is 1540 g/mol. The predicted octanol–water partition coefficient (Wildman–Crippen LogP) is 33.0. The molecule has 0 radical (unpaired) electrons. The lowest BCUT2D eigenvalue weighted by atomic mass is 9.82. The van der Waals surface area contributed by atoms with E-state index >= 15 is 0 Å². The Morgan fingerprint density at radius 2 is 0.483 bits per heavy atom. The number of anilines is 6. The molecule has 0 bridgehead atoms. The first-order valence-electron chi connectivity index (χ1n) is 40.9. The van der Waals surface area contributed by atoms with Crippen molar-refractivity contribution >= 4 is 97.1 Å². The van der Waals surface area contributed by atoms with E-state index in [0.717, 1.165) is 39.7 Å². The maximum absolute atomic E-state index is 2.47. The van der Waals surface area contributed by atoms with Crippen LogP contribution in [0, 0.1) is 0 Å². The van der Waals surface area contributed by atoms with Crippen molar-refractivity contribution in [3.8, 4) is 122 Å². The molecule has 118 heavy (non-hydrogen) atoms. The Bertz CT molecular complexity index is 7190. The van der Waals surface area contributed by atoms with Gasteiger partial charge < -0.3 is 9.80 Å². The summed E-state index contributed by atoms with van der Waals surface area (Å²) in [6.45, 7) is 9.55. The van der Waals surface area contributed by atoms with Gasteiger partial charge >= 0.3 is 0 Å². The van der Waals surface area contributed by atoms with Gasteiger partial charge in [-0.1, -0.05) is 295 Å². The van der Waals surface area contributed by atoms with E-state index in [1.165, 1.54) is 179 Å². The molecular weight excluding hydrogens is 1460 g/mol. The van der Waals surface area contributed by atoms with E-state index in [1.807, 2.05) is 22.7 Å². The molecule has 0 saturated carbocycles. The molecule has 22 rings (SSSR count). The fourth-order valence-corrected chi connectivity index (χ4v) is 21.2. The Morgan fingerprint density at radius 1 is 0.169 bits per heavy atom. The Hall–Kier alpha value is -14.0. The lowest BCUT2D eigenvalue weighted by molar-refractivity contribution is 0.660. The van der Waals surface area contributed by atoms with Gasteiger partial charge in [0.2, 0.25) is 0 Å². The van der Waals surface area contributed by atoms with Crippen molar-refractivity contribution in [2.45, 2.75) is 38.5 Å². The summed E-state index contributed by atoms with van der Waals surface area (Å²) in [5.74, 6) is 0. The third kappa shape index (κ3) is 12.3. The first kappa shape index (κ1) is 70.6. The highest BCUT2D eigenvalue weighted by molar-refractivity contribution is 7.26. The number of fused-ring (bicyclic) bond motifs is 12. The molecule has 0 saturated heterocycles. The van der Waals surface area contributed by atoms with Gasteiger partial charge in [0.1, 0.15) is 0 Å². The zero-order chi connectivity index (χ0) is 78.7. The first-order chi connectivity index (χ1) is 57.9. The van der Waals surface area contributed by atoms with Crippen LogP contribution in [0.4, 0.5) is 34.1 Å². The number of hydrogen-bond donors (Lipinski definition) is 0. The van der Waals surface area contributed by atoms with Gasteiger partial charge in [-0.25, -0.2) is 0 Å². The molecule has 558 valence electrons. The van der Waals surface area contributed by atoms with E-state index in [2.05, 4.69) is 450 Å². The fourth-order valence-electron chi connectivity index (χ4n) is 18.9. The second-order valence-corrected chi connectivity index (χ2v) is 34.9. The predicted molar refractivity (Wildman–Crippen MR) is 506 cm³/mol. The van der Waals surface area contributed by atoms with Crippen molar-refractivity contribution in [3.05, 3.63) is 435 Å². The van der Waals surface area contributed by atoms with Crippen LogP contribution in [0.1, 0.15) is 49.9 Å². The molecule has 0 unspecified atom stereocenters. The van der Waals surface area contributed by atoms with Crippen LogP contribution < -0.4 is 9.80 Å². The van der Waals surface area contributed by atoms with Crippen molar-refractivity contribution < 1.29 is 0 Å². The summed E-state index contributed by atoms with van der Waals surface area (Å²) in [4.78, 5) is 4.89. The second kappa shape index (κ2) is 28.5. The summed E-state index contributed by atoms with van der Waals surface area (Å²) in [5, 5.41) is 5.16. The van der Waals surface area contributed by atoms with E-state index in [4.69, 9.17) is 0 Å². The highest BCUT2D eigenvalue weighted by atomic mass is 32.1. The lowest BCUT2D eigenvalue weighted by Gasteiger charge is -2.28. The summed E-state index contributed by atoms with van der Waals surface area (Å²) in [5.41, 5.74) is 38.2. The minimum Gasteiger partial charge on any atom is -0.310 e. The normalized spacial score (nSPS) is 12.9. The molecule has 4 heteroatoms. The van der Waals surface area contributed by atoms with E-state index in [0.29, 0.717) is 0 Å². The molecule has 0 spiro atoms. The first-order valence-corrected chi connectivity index (χ1v) is 42.5. The molecule has 2 nitrogen and oxygen atoms in total. The Kier molecular flexibility index (Phi) is 17.0. The van der Waals surface area contributed by atoms with E-state index < -0.39 is 0 Å². The SMILES string of the molecule is CC1(C)c2ccccc2-c2ccc(N(c3ccc(-c4cc(-c5ccccc5)cc(-c5ccccc5)c4)cc3)c3ccc(-c4cccc5c4sc4ccc(-c6ccc7c(c6)-c6ccc(N(c8ccc(-c9cc(-c%10ccccc%10)cc(-c%10ccccc%10)c9)cc8)c8ccc(-c9ccc%10sc%11ccccc%11c%10c9)cc8)cc6C7(C)C)cc45)cc3)cc21. The molecule has 18 aromatic carbocycles. The van der Waals surface area contributed by atoms with Crippen LogP contribution in [0.15, 0.2) is 413 Å². The van der Waals surface area contributed by atoms with Gasteiger partial charge in [0.25, 0.3) is 0 Å². The Balaban J connectivity index is 0.589. The molecule has 0 atom stereocenters. The lowest BCUT2D eigenvalue weighted by Crippen LogP contribution is -2.16. The molecule has 2 heterocycles. The van der Waals surface area contributed by atoms with Crippen LogP contribution in [0.3, 0.4) is 0 Å². The quantitative estimate of drug-likeness (QED) is 0.101. The smallest absolute Gasteiger partial charge is 0.0465 e. The van der Waals surface area contributed by atoms with Crippen molar-refractivity contribution in [1.82, 2.24) is 0 Å². The summed E-state index contributed by atoms with van der Waals surface area (Å²) in [6, 6.07) is 154. The topological polar surface area (TPSA) is 6.48 Å². The van der Waals surface area contributed by atoms with Gasteiger partial charge in [0.15, 0.2) is 0 Å². The molecule has 2 aromatic heterocycles. The molecule has 2 aliphatic rings. The van der Waals surface area contributed by atoms with Crippen molar-refractivity contribution in [2.24, 2.45) is 0 Å². The minimum atomic E-state index is -0.272. The van der Waals surface area contributed by atoms with Gasteiger partial charge in [-0.05, 0) is 290 Å². The summed E-state index contributed by atoms with van der Waals surface area (Å²) in [6.07, 6.45) is 0. The molecule has 0 aliphatic heterocycles. The number of rotatable bonds is 15. The molecule has 2 aliphatic carbocycles. The third-order valence-corrected chi connectivity index (χ3v) is 27.4. The van der Waals surface area contributed by atoms with Crippen LogP contribution in [-0.4, -0.2) is 0 Å². The van der Waals surface area contributed by atoms with Crippen molar-refractivity contribution in [1.29, 1.82) is 0 Å². The maximum Gasteiger partial charge on any atom is 0.0465 e. The summed E-state index contributed by atoms with van der Waals surface area (Å²) in [7, 11) is 0. The van der Waals surface area contributed by atoms with Gasteiger partial charge in [0.05, 0.1) is 0 Å². The third-order valence-electron chi connectivity index (χ3n) is 25.1. The fraction of sp³-hybridized carbons (Fsp3) is 0.0526. The van der Waals surface area contributed by atoms with Gasteiger partial charge in [-0.15, -0.1) is 22.7 Å². The highest BCUT2D eigenvalue weighted by Gasteiger charge is 2.38. The number of nitrogens with zero attached hydrogens (tertiary/aromatic N) is 2. The van der Waals surface area contributed by atoms with Crippen LogP contribution in [0.2, 0.25) is 0 Å². The number of thiophene rings is 2. The van der Waals surface area contributed by atoms with Crippen LogP contribution in [0.25, 0.3) is 163 Å². The maximum atomic E-state index is 2.47. The molecule has 0 amide bonds. The highest BCUT2D eigenvalue weighted by Crippen LogP contribution is 2.55. The van der Waals surface area contributed by atoms with E-state index in [9.17, 15) is 0 Å². The number of benzene rings is 18. The molecule has 20 aromatic rings. The molecule has 0 N–H and O–H groups in total. The molecular formula is C114H80N2S2. The Labute approximate surface area is 697 Å². The van der Waals surface area contributed by atoms with Crippen LogP contribution in [0.5, 0.6) is 0 Å². The van der Waals surface area contributed by atoms with E-state index in [1.54, 1.807) is 0 Å². The summed E-state index contributed by atoms with van der Waals surface area (Å²) >= 11 is 3.75. The van der Waals surface area contributed by atoms with Crippen LogP contribution in [-0.2, 0) is 10.8 Å². The zero-order valence-corrected chi connectivity index (χ0v) is 67.6. The van der Waals surface area contributed by atoms with Crippen molar-refractivity contribution in [2.75, 3.05) is 9.80 Å². The molecule has 0 fully saturated rings. The van der Waals surface area contributed by atoms with Crippen molar-refractivity contribution in [3.63, 3.8) is 0 Å². The van der Waals surface area contributed by atoms with Gasteiger partial charge in [-0.2, -0.15) is 0 Å². The second-order valence-electron chi connectivity index (χ2n) is 32.7. The van der Waals surface area contributed by atoms with Crippen LogP contribution >= 0.6 is 22.7 Å². The average molecular weight is 1540 g/mol.